The summed E-state index contributed by atoms with van der Waals surface area (Å²) in [6.45, 7) is 4.02. The molecule has 3 aromatic rings. The molecule has 1 amide bonds. The van der Waals surface area contributed by atoms with Crippen molar-refractivity contribution in [2.45, 2.75) is 45.4 Å². The van der Waals surface area contributed by atoms with Gasteiger partial charge in [-0.2, -0.15) is 0 Å². The molecule has 1 aliphatic carbocycles. The van der Waals surface area contributed by atoms with Gasteiger partial charge < -0.3 is 9.73 Å². The lowest BCUT2D eigenvalue weighted by atomic mass is 10.1. The summed E-state index contributed by atoms with van der Waals surface area (Å²) in [5.41, 5.74) is 3.86. The van der Waals surface area contributed by atoms with E-state index in [9.17, 15) is 4.79 Å². The molecule has 1 aromatic carbocycles. The van der Waals surface area contributed by atoms with Crippen LogP contribution in [0.25, 0.3) is 0 Å². The summed E-state index contributed by atoms with van der Waals surface area (Å²) in [6.07, 6.45) is 7.27. The van der Waals surface area contributed by atoms with Crippen molar-refractivity contribution in [3.8, 4) is 0 Å². The van der Waals surface area contributed by atoms with Crippen molar-refractivity contribution in [3.05, 3.63) is 83.3 Å². The summed E-state index contributed by atoms with van der Waals surface area (Å²) in [6, 6.07) is 12.8. The van der Waals surface area contributed by atoms with E-state index in [0.29, 0.717) is 30.7 Å². The molecule has 2 aromatic heterocycles. The Kier molecular flexibility index (Phi) is 5.48. The lowest BCUT2D eigenvalue weighted by molar-refractivity contribution is 0.0945. The van der Waals surface area contributed by atoms with Crippen LogP contribution in [0.1, 0.15) is 45.9 Å². The Balaban J connectivity index is 1.37. The molecule has 0 radical (unpaired) electrons. The number of aryl methyl sites for hydroxylation is 1. The number of hydrogen-bond donors (Lipinski definition) is 1. The quantitative estimate of drug-likeness (QED) is 0.652. The van der Waals surface area contributed by atoms with Crippen LogP contribution in [0, 0.1) is 6.92 Å². The zero-order chi connectivity index (χ0) is 19.3. The van der Waals surface area contributed by atoms with E-state index in [0.717, 1.165) is 12.1 Å². The largest absolute Gasteiger partial charge is 0.447 e. The lowest BCUT2D eigenvalue weighted by Crippen LogP contribution is -2.26. The monoisotopic (exact) mass is 376 g/mol. The van der Waals surface area contributed by atoms with Gasteiger partial charge in [-0.25, -0.2) is 4.98 Å². The number of benzene rings is 1. The Morgan fingerprint density at radius 2 is 2.07 bits per heavy atom. The summed E-state index contributed by atoms with van der Waals surface area (Å²) in [5, 5.41) is 2.85. The Bertz CT molecular complexity index is 934. The van der Waals surface area contributed by atoms with Gasteiger partial charge in [0.1, 0.15) is 6.26 Å². The van der Waals surface area contributed by atoms with E-state index in [-0.39, 0.29) is 5.91 Å². The van der Waals surface area contributed by atoms with Crippen molar-refractivity contribution in [2.24, 2.45) is 0 Å². The molecule has 1 N–H and O–H groups in total. The third-order valence-electron chi connectivity index (χ3n) is 5.00. The number of rotatable bonds is 8. The summed E-state index contributed by atoms with van der Waals surface area (Å²) < 4.78 is 5.59. The van der Waals surface area contributed by atoms with Crippen LogP contribution >= 0.6 is 0 Å². The molecule has 1 saturated carbocycles. The Hall–Kier alpha value is -2.99. The SMILES string of the molecule is Cc1ccccc1CN(Cc1nc(C(=O)NCc2cccnc2)co1)C1CC1. The van der Waals surface area contributed by atoms with Crippen LogP contribution in [0.5, 0.6) is 0 Å². The van der Waals surface area contributed by atoms with Gasteiger partial charge in [-0.05, 0) is 42.5 Å². The van der Waals surface area contributed by atoms with Crippen molar-refractivity contribution in [3.63, 3.8) is 0 Å². The number of aromatic nitrogens is 2. The molecule has 0 spiro atoms. The molecular formula is C22H24N4O2. The number of carbonyl (C=O) groups excluding carboxylic acids is 1. The standard InChI is InChI=1S/C22H24N4O2/c1-16-5-2-3-7-18(16)13-26(19-8-9-19)14-21-25-20(15-28-21)22(27)24-12-17-6-4-10-23-11-17/h2-7,10-11,15,19H,8-9,12-14H2,1H3,(H,24,27). The first-order valence-corrected chi connectivity index (χ1v) is 9.59. The summed E-state index contributed by atoms with van der Waals surface area (Å²) in [5.74, 6) is 0.336. The molecule has 28 heavy (non-hydrogen) atoms. The average Bonchev–Trinajstić information content (AvgIpc) is 3.46. The molecule has 0 atom stereocenters. The highest BCUT2D eigenvalue weighted by molar-refractivity contribution is 5.91. The van der Waals surface area contributed by atoms with Gasteiger partial charge in [0.05, 0.1) is 6.54 Å². The second-order valence-corrected chi connectivity index (χ2v) is 7.23. The molecule has 0 aliphatic heterocycles. The third kappa shape index (κ3) is 4.64. The highest BCUT2D eigenvalue weighted by Crippen LogP contribution is 2.30. The van der Waals surface area contributed by atoms with E-state index >= 15 is 0 Å². The minimum atomic E-state index is -0.240. The van der Waals surface area contributed by atoms with Crippen molar-refractivity contribution in [2.75, 3.05) is 0 Å². The topological polar surface area (TPSA) is 71.3 Å². The molecule has 144 valence electrons. The van der Waals surface area contributed by atoms with E-state index in [2.05, 4.69) is 51.4 Å². The van der Waals surface area contributed by atoms with E-state index in [1.807, 2.05) is 12.1 Å². The van der Waals surface area contributed by atoms with Gasteiger partial charge in [-0.1, -0.05) is 30.3 Å². The molecule has 2 heterocycles. The predicted molar refractivity (Wildman–Crippen MR) is 105 cm³/mol. The van der Waals surface area contributed by atoms with E-state index in [1.54, 1.807) is 12.4 Å². The molecule has 6 heteroatoms. The second-order valence-electron chi connectivity index (χ2n) is 7.23. The number of amides is 1. The highest BCUT2D eigenvalue weighted by Gasteiger charge is 2.30. The lowest BCUT2D eigenvalue weighted by Gasteiger charge is -2.21. The van der Waals surface area contributed by atoms with Gasteiger partial charge in [0.2, 0.25) is 5.89 Å². The third-order valence-corrected chi connectivity index (χ3v) is 5.00. The fraction of sp³-hybridized carbons (Fsp3) is 0.318. The van der Waals surface area contributed by atoms with Crippen LogP contribution in [-0.2, 0) is 19.6 Å². The molecule has 0 saturated heterocycles. The normalized spacial score (nSPS) is 13.6. The Labute approximate surface area is 164 Å². The van der Waals surface area contributed by atoms with E-state index in [4.69, 9.17) is 4.42 Å². The number of oxazole rings is 1. The fourth-order valence-electron chi connectivity index (χ4n) is 3.20. The molecule has 0 bridgehead atoms. The van der Waals surface area contributed by atoms with Gasteiger partial charge >= 0.3 is 0 Å². The van der Waals surface area contributed by atoms with Crippen molar-refractivity contribution >= 4 is 5.91 Å². The number of hydrogen-bond acceptors (Lipinski definition) is 5. The van der Waals surface area contributed by atoms with Crippen molar-refractivity contribution in [1.29, 1.82) is 0 Å². The maximum absolute atomic E-state index is 12.3. The fourth-order valence-corrected chi connectivity index (χ4v) is 3.20. The smallest absolute Gasteiger partial charge is 0.273 e. The van der Waals surface area contributed by atoms with E-state index < -0.39 is 0 Å². The van der Waals surface area contributed by atoms with Gasteiger partial charge in [0.25, 0.3) is 5.91 Å². The van der Waals surface area contributed by atoms with Crippen LogP contribution in [-0.4, -0.2) is 26.8 Å². The molecule has 1 aliphatic rings. The zero-order valence-corrected chi connectivity index (χ0v) is 16.0. The molecule has 0 unspecified atom stereocenters. The highest BCUT2D eigenvalue weighted by atomic mass is 16.3. The number of nitrogens with zero attached hydrogens (tertiary/aromatic N) is 3. The average molecular weight is 376 g/mol. The van der Waals surface area contributed by atoms with Gasteiger partial charge in [-0.15, -0.1) is 0 Å². The summed E-state index contributed by atoms with van der Waals surface area (Å²) in [7, 11) is 0. The second kappa shape index (κ2) is 8.35. The predicted octanol–water partition coefficient (Wildman–Crippen LogP) is 3.47. The molecular weight excluding hydrogens is 352 g/mol. The number of carbonyl (C=O) groups is 1. The van der Waals surface area contributed by atoms with Crippen LogP contribution in [0.4, 0.5) is 0 Å². The van der Waals surface area contributed by atoms with Crippen molar-refractivity contribution in [1.82, 2.24) is 20.2 Å². The minimum Gasteiger partial charge on any atom is -0.447 e. The number of nitrogens with one attached hydrogen (secondary N) is 1. The Morgan fingerprint density at radius 1 is 1.21 bits per heavy atom. The maximum Gasteiger partial charge on any atom is 0.273 e. The first kappa shape index (κ1) is 18.4. The first-order chi connectivity index (χ1) is 13.7. The summed E-state index contributed by atoms with van der Waals surface area (Å²) in [4.78, 5) is 23.2. The van der Waals surface area contributed by atoms with Crippen LogP contribution in [0.3, 0.4) is 0 Å². The zero-order valence-electron chi connectivity index (χ0n) is 16.0. The molecule has 4 rings (SSSR count). The van der Waals surface area contributed by atoms with Gasteiger partial charge in [0, 0.05) is 31.5 Å². The number of pyridine rings is 1. The molecule has 6 nitrogen and oxygen atoms in total. The van der Waals surface area contributed by atoms with E-state index in [1.165, 1.54) is 30.2 Å². The molecule has 1 fully saturated rings. The Morgan fingerprint density at radius 3 is 2.82 bits per heavy atom. The van der Waals surface area contributed by atoms with Gasteiger partial charge in [-0.3, -0.25) is 14.7 Å². The summed E-state index contributed by atoms with van der Waals surface area (Å²) >= 11 is 0. The van der Waals surface area contributed by atoms with Crippen molar-refractivity contribution < 1.29 is 9.21 Å². The maximum atomic E-state index is 12.3. The van der Waals surface area contributed by atoms with Crippen LogP contribution in [0.15, 0.2) is 59.5 Å². The van der Waals surface area contributed by atoms with Crippen LogP contribution < -0.4 is 5.32 Å². The minimum absolute atomic E-state index is 0.240. The van der Waals surface area contributed by atoms with Gasteiger partial charge in [0.15, 0.2) is 5.69 Å². The first-order valence-electron chi connectivity index (χ1n) is 9.59. The van der Waals surface area contributed by atoms with Crippen LogP contribution in [0.2, 0.25) is 0 Å².